The number of sulfonamides is 1. The van der Waals surface area contributed by atoms with Crippen LogP contribution >= 0.6 is 0 Å². The predicted octanol–water partition coefficient (Wildman–Crippen LogP) is 1.07. The number of hydrogen-bond acceptors (Lipinski definition) is 5. The smallest absolute Gasteiger partial charge is 0.274 e. The topological polar surface area (TPSA) is 84.5 Å². The van der Waals surface area contributed by atoms with Gasteiger partial charge in [-0.3, -0.25) is 0 Å². The van der Waals surface area contributed by atoms with Gasteiger partial charge in [0.15, 0.2) is 0 Å². The molecule has 0 aromatic carbocycles. The van der Waals surface area contributed by atoms with Crippen molar-refractivity contribution in [3.05, 3.63) is 42.0 Å². The summed E-state index contributed by atoms with van der Waals surface area (Å²) in [5.74, 6) is 1.11. The molecule has 0 spiro atoms. The largest absolute Gasteiger partial charge is 0.468 e. The van der Waals surface area contributed by atoms with Crippen LogP contribution in [0.4, 0.5) is 0 Å². The standard InChI is InChI=1S/C11H14N2O4S/c1-12-7-10-4-5-11(17-10)18(14,15)13-8-9-3-2-6-16-9/h2-6,12-13H,7-8H2,1H3. The van der Waals surface area contributed by atoms with E-state index in [0.29, 0.717) is 18.1 Å². The molecule has 2 aromatic heterocycles. The van der Waals surface area contributed by atoms with Crippen LogP contribution in [0.25, 0.3) is 0 Å². The molecule has 0 aliphatic rings. The van der Waals surface area contributed by atoms with E-state index in [1.807, 2.05) is 0 Å². The molecule has 6 nitrogen and oxygen atoms in total. The SMILES string of the molecule is CNCc1ccc(S(=O)(=O)NCc2ccco2)o1. The van der Waals surface area contributed by atoms with E-state index in [9.17, 15) is 8.42 Å². The molecule has 0 saturated carbocycles. The van der Waals surface area contributed by atoms with Gasteiger partial charge in [-0.15, -0.1) is 0 Å². The fraction of sp³-hybridized carbons (Fsp3) is 0.273. The summed E-state index contributed by atoms with van der Waals surface area (Å²) < 4.78 is 36.4. The van der Waals surface area contributed by atoms with Crippen molar-refractivity contribution in [2.45, 2.75) is 18.2 Å². The van der Waals surface area contributed by atoms with E-state index < -0.39 is 10.0 Å². The first kappa shape index (κ1) is 12.9. The minimum absolute atomic E-state index is 0.0946. The van der Waals surface area contributed by atoms with Crippen LogP contribution in [0.5, 0.6) is 0 Å². The van der Waals surface area contributed by atoms with Crippen LogP contribution in [0.15, 0.2) is 44.5 Å². The molecule has 0 radical (unpaired) electrons. The monoisotopic (exact) mass is 270 g/mol. The third-order valence-electron chi connectivity index (χ3n) is 2.27. The highest BCUT2D eigenvalue weighted by Crippen LogP contribution is 2.14. The van der Waals surface area contributed by atoms with Gasteiger partial charge in [0, 0.05) is 0 Å². The first-order valence-electron chi connectivity index (χ1n) is 5.37. The minimum Gasteiger partial charge on any atom is -0.468 e. The Hall–Kier alpha value is -1.57. The molecule has 0 atom stereocenters. The van der Waals surface area contributed by atoms with Gasteiger partial charge in [-0.05, 0) is 31.3 Å². The van der Waals surface area contributed by atoms with Gasteiger partial charge in [-0.25, -0.2) is 13.1 Å². The zero-order chi connectivity index (χ0) is 13.0. The molecular weight excluding hydrogens is 256 g/mol. The highest BCUT2D eigenvalue weighted by atomic mass is 32.2. The van der Waals surface area contributed by atoms with Gasteiger partial charge in [-0.2, -0.15) is 0 Å². The Balaban J connectivity index is 2.05. The highest BCUT2D eigenvalue weighted by Gasteiger charge is 2.18. The van der Waals surface area contributed by atoms with Crippen molar-refractivity contribution in [3.8, 4) is 0 Å². The quantitative estimate of drug-likeness (QED) is 0.820. The van der Waals surface area contributed by atoms with Crippen LogP contribution in [0, 0.1) is 0 Å². The second-order valence-corrected chi connectivity index (χ2v) is 5.35. The Labute approximate surface area is 105 Å². The van der Waals surface area contributed by atoms with Crippen molar-refractivity contribution in [1.29, 1.82) is 0 Å². The maximum Gasteiger partial charge on any atom is 0.274 e. The third-order valence-corrected chi connectivity index (χ3v) is 3.54. The molecule has 2 N–H and O–H groups in total. The van der Waals surface area contributed by atoms with E-state index in [0.717, 1.165) is 0 Å². The predicted molar refractivity (Wildman–Crippen MR) is 64.2 cm³/mol. The Bertz CT molecular complexity index is 586. The molecule has 0 unspecified atom stereocenters. The summed E-state index contributed by atoms with van der Waals surface area (Å²) in [7, 11) is -1.88. The lowest BCUT2D eigenvalue weighted by Crippen LogP contribution is -2.22. The molecular formula is C11H14N2O4S. The summed E-state index contributed by atoms with van der Waals surface area (Å²) in [6.45, 7) is 0.575. The van der Waals surface area contributed by atoms with Crippen LogP contribution in [-0.4, -0.2) is 15.5 Å². The van der Waals surface area contributed by atoms with Crippen LogP contribution < -0.4 is 10.0 Å². The average molecular weight is 270 g/mol. The molecule has 2 rings (SSSR count). The molecule has 7 heteroatoms. The lowest BCUT2D eigenvalue weighted by atomic mass is 10.4. The third kappa shape index (κ3) is 3.00. The number of furan rings is 2. The van der Waals surface area contributed by atoms with Gasteiger partial charge in [0.25, 0.3) is 10.0 Å². The summed E-state index contributed by atoms with van der Waals surface area (Å²) in [4.78, 5) is 0. The Morgan fingerprint density at radius 2 is 2.00 bits per heavy atom. The summed E-state index contributed by atoms with van der Waals surface area (Å²) in [5, 5.41) is 2.78. The molecule has 0 saturated heterocycles. The summed E-state index contributed by atoms with van der Waals surface area (Å²) >= 11 is 0. The van der Waals surface area contributed by atoms with Gasteiger partial charge in [0.1, 0.15) is 11.5 Å². The van der Waals surface area contributed by atoms with E-state index in [1.54, 1.807) is 25.2 Å². The van der Waals surface area contributed by atoms with Crippen molar-refractivity contribution in [2.24, 2.45) is 0 Å². The lowest BCUT2D eigenvalue weighted by Gasteiger charge is -2.02. The fourth-order valence-corrected chi connectivity index (χ4v) is 2.36. The summed E-state index contributed by atoms with van der Waals surface area (Å²) in [6.07, 6.45) is 1.49. The maximum absolute atomic E-state index is 11.9. The van der Waals surface area contributed by atoms with Crippen molar-refractivity contribution in [2.75, 3.05) is 7.05 Å². The number of rotatable bonds is 6. The Kier molecular flexibility index (Phi) is 3.85. The maximum atomic E-state index is 11.9. The number of nitrogens with one attached hydrogen (secondary N) is 2. The average Bonchev–Trinajstić information content (AvgIpc) is 2.98. The molecule has 2 aromatic rings. The molecule has 0 bridgehead atoms. The van der Waals surface area contributed by atoms with Crippen LogP contribution in [0.1, 0.15) is 11.5 Å². The van der Waals surface area contributed by atoms with Gasteiger partial charge in [-0.1, -0.05) is 0 Å². The highest BCUT2D eigenvalue weighted by molar-refractivity contribution is 7.89. The first-order chi connectivity index (χ1) is 8.62. The number of hydrogen-bond donors (Lipinski definition) is 2. The summed E-state index contributed by atoms with van der Waals surface area (Å²) in [5.41, 5.74) is 0. The van der Waals surface area contributed by atoms with Crippen LogP contribution in [0.2, 0.25) is 0 Å². The molecule has 18 heavy (non-hydrogen) atoms. The normalized spacial score (nSPS) is 11.8. The van der Waals surface area contributed by atoms with E-state index in [4.69, 9.17) is 8.83 Å². The zero-order valence-corrected chi connectivity index (χ0v) is 10.7. The van der Waals surface area contributed by atoms with Crippen molar-refractivity contribution >= 4 is 10.0 Å². The van der Waals surface area contributed by atoms with Crippen molar-refractivity contribution in [3.63, 3.8) is 0 Å². The van der Waals surface area contributed by atoms with Gasteiger partial charge in [0.05, 0.1) is 19.4 Å². The van der Waals surface area contributed by atoms with Gasteiger partial charge >= 0.3 is 0 Å². The van der Waals surface area contributed by atoms with E-state index in [2.05, 4.69) is 10.0 Å². The molecule has 0 fully saturated rings. The van der Waals surface area contributed by atoms with Crippen LogP contribution in [0.3, 0.4) is 0 Å². The van der Waals surface area contributed by atoms with Crippen LogP contribution in [-0.2, 0) is 23.1 Å². The van der Waals surface area contributed by atoms with E-state index in [-0.39, 0.29) is 11.6 Å². The zero-order valence-electron chi connectivity index (χ0n) is 9.84. The molecule has 0 aliphatic carbocycles. The van der Waals surface area contributed by atoms with Gasteiger partial charge in [0.2, 0.25) is 5.09 Å². The van der Waals surface area contributed by atoms with Gasteiger partial charge < -0.3 is 14.2 Å². The van der Waals surface area contributed by atoms with Crippen molar-refractivity contribution < 1.29 is 17.3 Å². The lowest BCUT2D eigenvalue weighted by molar-refractivity contribution is 0.403. The summed E-state index contributed by atoms with van der Waals surface area (Å²) in [6, 6.07) is 6.44. The molecule has 98 valence electrons. The van der Waals surface area contributed by atoms with E-state index in [1.165, 1.54) is 12.3 Å². The molecule has 0 aliphatic heterocycles. The first-order valence-corrected chi connectivity index (χ1v) is 6.85. The molecule has 2 heterocycles. The Morgan fingerprint density at radius 1 is 1.17 bits per heavy atom. The Morgan fingerprint density at radius 3 is 2.67 bits per heavy atom. The second kappa shape index (κ2) is 5.38. The van der Waals surface area contributed by atoms with E-state index >= 15 is 0 Å². The van der Waals surface area contributed by atoms with Crippen molar-refractivity contribution in [1.82, 2.24) is 10.0 Å². The fourth-order valence-electron chi connectivity index (χ4n) is 1.42. The second-order valence-electron chi connectivity index (χ2n) is 3.65. The molecule has 0 amide bonds. The minimum atomic E-state index is -3.64.